The maximum atomic E-state index is 10.8. The number of aliphatic hydroxyl groups excluding tert-OH is 1. The molecule has 0 aromatic heterocycles. The van der Waals surface area contributed by atoms with E-state index < -0.39 is 0 Å². The van der Waals surface area contributed by atoms with Gasteiger partial charge in [0.15, 0.2) is 0 Å². The molecule has 1 aliphatic carbocycles. The van der Waals surface area contributed by atoms with Crippen LogP contribution in [0.3, 0.4) is 0 Å². The van der Waals surface area contributed by atoms with Crippen LogP contribution in [0.5, 0.6) is 0 Å². The molecule has 1 fully saturated rings. The van der Waals surface area contributed by atoms with Crippen molar-refractivity contribution >= 4 is 5.78 Å². The van der Waals surface area contributed by atoms with Crippen molar-refractivity contribution in [2.75, 3.05) is 0 Å². The lowest BCUT2D eigenvalue weighted by atomic mass is 9.99. The van der Waals surface area contributed by atoms with Crippen molar-refractivity contribution in [2.24, 2.45) is 11.8 Å². The molecule has 9 heavy (non-hydrogen) atoms. The fourth-order valence-corrected chi connectivity index (χ4v) is 1.20. The lowest BCUT2D eigenvalue weighted by molar-refractivity contribution is -0.120. The lowest BCUT2D eigenvalue weighted by Gasteiger charge is -2.09. The van der Waals surface area contributed by atoms with Crippen LogP contribution in [-0.4, -0.2) is 17.0 Å². The summed E-state index contributed by atoms with van der Waals surface area (Å²) in [5, 5.41) is 9.12. The van der Waals surface area contributed by atoms with Crippen LogP contribution in [0.2, 0.25) is 0 Å². The average molecular weight is 128 g/mol. The molecule has 52 valence electrons. The fraction of sp³-hybridized carbons (Fsp3) is 0.857. The van der Waals surface area contributed by atoms with E-state index in [1.807, 2.05) is 13.8 Å². The van der Waals surface area contributed by atoms with Gasteiger partial charge in [0.2, 0.25) is 0 Å². The SMILES string of the molecule is CC1[C@H](O)CC(=O)[C@@H]1C. The highest BCUT2D eigenvalue weighted by Crippen LogP contribution is 2.27. The molecule has 0 bridgehead atoms. The van der Waals surface area contributed by atoms with Gasteiger partial charge in [0.1, 0.15) is 5.78 Å². The standard InChI is InChI=1S/C7H12O2/c1-4-5(2)7(9)3-6(4)8/h4-6,8H,3H2,1-2H3/t4?,5-,6-/m1/s1. The van der Waals surface area contributed by atoms with E-state index in [1.165, 1.54) is 0 Å². The third-order valence-corrected chi connectivity index (χ3v) is 2.31. The van der Waals surface area contributed by atoms with Crippen LogP contribution in [0.4, 0.5) is 0 Å². The number of aliphatic hydroxyl groups is 1. The zero-order valence-electron chi connectivity index (χ0n) is 5.79. The Morgan fingerprint density at radius 2 is 2.11 bits per heavy atom. The van der Waals surface area contributed by atoms with Crippen LogP contribution < -0.4 is 0 Å². The Labute approximate surface area is 54.9 Å². The van der Waals surface area contributed by atoms with Crippen molar-refractivity contribution in [3.63, 3.8) is 0 Å². The first-order chi connectivity index (χ1) is 4.13. The van der Waals surface area contributed by atoms with E-state index >= 15 is 0 Å². The first kappa shape index (κ1) is 6.75. The number of Topliss-reactive ketones (excluding diaryl/α,β-unsaturated/α-hetero) is 1. The normalized spacial score (nSPS) is 43.9. The maximum Gasteiger partial charge on any atom is 0.138 e. The first-order valence-corrected chi connectivity index (χ1v) is 3.33. The molecule has 0 amide bonds. The Morgan fingerprint density at radius 1 is 1.56 bits per heavy atom. The van der Waals surface area contributed by atoms with E-state index in [9.17, 15) is 4.79 Å². The summed E-state index contributed by atoms with van der Waals surface area (Å²) in [5.74, 6) is 0.437. The molecular weight excluding hydrogens is 116 g/mol. The number of ketones is 1. The van der Waals surface area contributed by atoms with Gasteiger partial charge in [0.05, 0.1) is 6.10 Å². The minimum absolute atomic E-state index is 0.0694. The molecular formula is C7H12O2. The quantitative estimate of drug-likeness (QED) is 0.518. The summed E-state index contributed by atoms with van der Waals surface area (Å²) in [4.78, 5) is 10.8. The predicted octanol–water partition coefficient (Wildman–Crippen LogP) is 0.592. The van der Waals surface area contributed by atoms with E-state index in [1.54, 1.807) is 0 Å². The van der Waals surface area contributed by atoms with E-state index in [-0.39, 0.29) is 23.7 Å². The van der Waals surface area contributed by atoms with Crippen LogP contribution in [0, 0.1) is 11.8 Å². The Balaban J connectivity index is 2.65. The molecule has 1 aliphatic rings. The van der Waals surface area contributed by atoms with Gasteiger partial charge in [-0.05, 0) is 5.92 Å². The van der Waals surface area contributed by atoms with Gasteiger partial charge < -0.3 is 5.11 Å². The van der Waals surface area contributed by atoms with E-state index in [4.69, 9.17) is 5.11 Å². The number of hydrogen-bond donors (Lipinski definition) is 1. The highest BCUT2D eigenvalue weighted by Gasteiger charge is 2.34. The molecule has 0 aromatic carbocycles. The van der Waals surface area contributed by atoms with Gasteiger partial charge in [-0.25, -0.2) is 0 Å². The summed E-state index contributed by atoms with van der Waals surface area (Å²) in [7, 11) is 0. The number of hydrogen-bond acceptors (Lipinski definition) is 2. The van der Waals surface area contributed by atoms with Gasteiger partial charge in [-0.1, -0.05) is 13.8 Å². The van der Waals surface area contributed by atoms with Crippen molar-refractivity contribution in [1.82, 2.24) is 0 Å². The molecule has 0 aromatic rings. The van der Waals surface area contributed by atoms with Gasteiger partial charge in [-0.2, -0.15) is 0 Å². The molecule has 3 atom stereocenters. The summed E-state index contributed by atoms with van der Waals surface area (Å²) in [6.07, 6.45) is -0.0185. The summed E-state index contributed by atoms with van der Waals surface area (Å²) >= 11 is 0. The van der Waals surface area contributed by atoms with Gasteiger partial charge in [0.25, 0.3) is 0 Å². The minimum atomic E-state index is -0.382. The van der Waals surface area contributed by atoms with Gasteiger partial charge in [0, 0.05) is 12.3 Å². The number of carbonyl (C=O) groups excluding carboxylic acids is 1. The van der Waals surface area contributed by atoms with E-state index in [2.05, 4.69) is 0 Å². The molecule has 2 nitrogen and oxygen atoms in total. The van der Waals surface area contributed by atoms with Crippen LogP contribution in [-0.2, 0) is 4.79 Å². The molecule has 1 N–H and O–H groups in total. The summed E-state index contributed by atoms with van der Waals surface area (Å²) < 4.78 is 0. The van der Waals surface area contributed by atoms with Crippen LogP contribution in [0.1, 0.15) is 20.3 Å². The second kappa shape index (κ2) is 2.10. The zero-order chi connectivity index (χ0) is 7.02. The average Bonchev–Trinajstić information content (AvgIpc) is 1.98. The van der Waals surface area contributed by atoms with Crippen molar-refractivity contribution in [3.05, 3.63) is 0 Å². The third kappa shape index (κ3) is 0.990. The molecule has 1 saturated carbocycles. The topological polar surface area (TPSA) is 37.3 Å². The zero-order valence-corrected chi connectivity index (χ0v) is 5.79. The Kier molecular flexibility index (Phi) is 1.58. The molecule has 0 aliphatic heterocycles. The highest BCUT2D eigenvalue weighted by molar-refractivity contribution is 5.83. The number of rotatable bonds is 0. The Hall–Kier alpha value is -0.370. The largest absolute Gasteiger partial charge is 0.392 e. The second-order valence-electron chi connectivity index (χ2n) is 2.89. The van der Waals surface area contributed by atoms with E-state index in [0.29, 0.717) is 6.42 Å². The minimum Gasteiger partial charge on any atom is -0.392 e. The third-order valence-electron chi connectivity index (χ3n) is 2.31. The molecule has 0 spiro atoms. The maximum absolute atomic E-state index is 10.8. The molecule has 0 saturated heterocycles. The van der Waals surface area contributed by atoms with Crippen molar-refractivity contribution in [1.29, 1.82) is 0 Å². The molecule has 2 heteroatoms. The predicted molar refractivity (Wildman–Crippen MR) is 34.0 cm³/mol. The smallest absolute Gasteiger partial charge is 0.138 e. The second-order valence-corrected chi connectivity index (χ2v) is 2.89. The molecule has 0 heterocycles. The van der Waals surface area contributed by atoms with Crippen LogP contribution in [0.15, 0.2) is 0 Å². The van der Waals surface area contributed by atoms with Gasteiger partial charge >= 0.3 is 0 Å². The van der Waals surface area contributed by atoms with Gasteiger partial charge in [-0.15, -0.1) is 0 Å². The lowest BCUT2D eigenvalue weighted by Crippen LogP contribution is -2.13. The Morgan fingerprint density at radius 3 is 2.22 bits per heavy atom. The molecule has 1 unspecified atom stereocenters. The Bertz CT molecular complexity index is 131. The van der Waals surface area contributed by atoms with Crippen LogP contribution >= 0.6 is 0 Å². The van der Waals surface area contributed by atoms with Crippen LogP contribution in [0.25, 0.3) is 0 Å². The van der Waals surface area contributed by atoms with Crippen molar-refractivity contribution < 1.29 is 9.90 Å². The monoisotopic (exact) mass is 128 g/mol. The number of carbonyl (C=O) groups is 1. The first-order valence-electron chi connectivity index (χ1n) is 3.33. The molecule has 0 radical (unpaired) electrons. The molecule has 1 rings (SSSR count). The summed E-state index contributed by atoms with van der Waals surface area (Å²) in [5.41, 5.74) is 0. The summed E-state index contributed by atoms with van der Waals surface area (Å²) in [6, 6.07) is 0. The van der Waals surface area contributed by atoms with E-state index in [0.717, 1.165) is 0 Å². The van der Waals surface area contributed by atoms with Gasteiger partial charge in [-0.3, -0.25) is 4.79 Å². The van der Waals surface area contributed by atoms with Crippen molar-refractivity contribution in [3.8, 4) is 0 Å². The van der Waals surface area contributed by atoms with Crippen molar-refractivity contribution in [2.45, 2.75) is 26.4 Å². The fourth-order valence-electron chi connectivity index (χ4n) is 1.20. The summed E-state index contributed by atoms with van der Waals surface area (Å²) in [6.45, 7) is 3.80. The highest BCUT2D eigenvalue weighted by atomic mass is 16.3.